The van der Waals surface area contributed by atoms with Crippen LogP contribution in [0.1, 0.15) is 17.4 Å². The van der Waals surface area contributed by atoms with Crippen LogP contribution >= 0.6 is 0 Å². The van der Waals surface area contributed by atoms with Crippen molar-refractivity contribution in [3.05, 3.63) is 29.6 Å². The fourth-order valence-corrected chi connectivity index (χ4v) is 2.29. The molecule has 1 atom stereocenters. The van der Waals surface area contributed by atoms with Gasteiger partial charge in [0.05, 0.1) is 17.1 Å². The summed E-state index contributed by atoms with van der Waals surface area (Å²) >= 11 is 0. The highest BCUT2D eigenvalue weighted by atomic mass is 15.2. The van der Waals surface area contributed by atoms with Crippen LogP contribution in [-0.2, 0) is 0 Å². The van der Waals surface area contributed by atoms with Crippen LogP contribution in [0, 0.1) is 6.92 Å². The van der Waals surface area contributed by atoms with Crippen LogP contribution in [0.25, 0.3) is 11.0 Å². The van der Waals surface area contributed by atoms with E-state index in [9.17, 15) is 0 Å². The van der Waals surface area contributed by atoms with Crippen LogP contribution in [0.4, 0.5) is 0 Å². The third-order valence-corrected chi connectivity index (χ3v) is 3.29. The number of aryl methyl sites for hydroxylation is 1. The van der Waals surface area contributed by atoms with Gasteiger partial charge in [0.1, 0.15) is 5.82 Å². The fraction of sp³-hybridized carbons (Fsp3) is 0.462. The van der Waals surface area contributed by atoms with Gasteiger partial charge in [-0.25, -0.2) is 10.3 Å². The number of aromatic amines is 1. The SMILES string of the molecule is Cc1ccc2[nH]c(C3CN(C)CC[N]3)nc2c1. The van der Waals surface area contributed by atoms with E-state index in [-0.39, 0.29) is 6.04 Å². The highest BCUT2D eigenvalue weighted by Crippen LogP contribution is 2.20. The zero-order chi connectivity index (χ0) is 11.8. The van der Waals surface area contributed by atoms with Crippen molar-refractivity contribution in [3.63, 3.8) is 0 Å². The Morgan fingerprint density at radius 2 is 2.29 bits per heavy atom. The van der Waals surface area contributed by atoms with E-state index >= 15 is 0 Å². The molecule has 2 heterocycles. The molecular formula is C13H17N4. The van der Waals surface area contributed by atoms with Crippen LogP contribution in [0.3, 0.4) is 0 Å². The van der Waals surface area contributed by atoms with Gasteiger partial charge in [-0.1, -0.05) is 6.07 Å². The topological polar surface area (TPSA) is 46.0 Å². The van der Waals surface area contributed by atoms with E-state index in [0.29, 0.717) is 0 Å². The zero-order valence-corrected chi connectivity index (χ0v) is 10.3. The Balaban J connectivity index is 1.94. The number of rotatable bonds is 1. The molecule has 89 valence electrons. The van der Waals surface area contributed by atoms with E-state index < -0.39 is 0 Å². The van der Waals surface area contributed by atoms with Crippen molar-refractivity contribution in [2.24, 2.45) is 0 Å². The maximum absolute atomic E-state index is 4.66. The first-order valence-corrected chi connectivity index (χ1v) is 6.04. The minimum atomic E-state index is 0.196. The Morgan fingerprint density at radius 3 is 3.12 bits per heavy atom. The molecule has 1 aliphatic rings. The van der Waals surface area contributed by atoms with Crippen LogP contribution < -0.4 is 5.32 Å². The molecule has 1 saturated heterocycles. The van der Waals surface area contributed by atoms with Crippen molar-refractivity contribution in [2.45, 2.75) is 13.0 Å². The van der Waals surface area contributed by atoms with Gasteiger partial charge in [-0.2, -0.15) is 0 Å². The number of piperazine rings is 1. The molecular weight excluding hydrogens is 212 g/mol. The lowest BCUT2D eigenvalue weighted by molar-refractivity contribution is 0.232. The summed E-state index contributed by atoms with van der Waals surface area (Å²) in [5, 5.41) is 4.63. The number of fused-ring (bicyclic) bond motifs is 1. The predicted octanol–water partition coefficient (Wildman–Crippen LogP) is 1.46. The molecule has 0 saturated carbocycles. The molecule has 1 fully saturated rings. The van der Waals surface area contributed by atoms with E-state index in [2.05, 4.69) is 52.4 Å². The Kier molecular flexibility index (Phi) is 2.61. The summed E-state index contributed by atoms with van der Waals surface area (Å²) in [6.07, 6.45) is 0. The highest BCUT2D eigenvalue weighted by Gasteiger charge is 2.22. The monoisotopic (exact) mass is 229 g/mol. The van der Waals surface area contributed by atoms with Gasteiger partial charge in [-0.3, -0.25) is 0 Å². The van der Waals surface area contributed by atoms with E-state index in [1.807, 2.05) is 0 Å². The summed E-state index contributed by atoms with van der Waals surface area (Å²) in [5.41, 5.74) is 3.39. The van der Waals surface area contributed by atoms with Gasteiger partial charge >= 0.3 is 0 Å². The number of imidazole rings is 1. The lowest BCUT2D eigenvalue weighted by atomic mass is 10.2. The molecule has 1 radical (unpaired) electrons. The fourth-order valence-electron chi connectivity index (χ4n) is 2.29. The molecule has 1 aromatic heterocycles. The number of hydrogen-bond donors (Lipinski definition) is 1. The molecule has 0 bridgehead atoms. The maximum atomic E-state index is 4.66. The summed E-state index contributed by atoms with van der Waals surface area (Å²) < 4.78 is 0. The number of hydrogen-bond acceptors (Lipinski definition) is 2. The van der Waals surface area contributed by atoms with Gasteiger partial charge in [0.25, 0.3) is 0 Å². The Morgan fingerprint density at radius 1 is 1.41 bits per heavy atom. The Hall–Kier alpha value is -1.39. The summed E-state index contributed by atoms with van der Waals surface area (Å²) in [5.74, 6) is 0.997. The third-order valence-electron chi connectivity index (χ3n) is 3.29. The van der Waals surface area contributed by atoms with Crippen LogP contribution in [-0.4, -0.2) is 41.5 Å². The summed E-state index contributed by atoms with van der Waals surface area (Å²) in [7, 11) is 2.13. The summed E-state index contributed by atoms with van der Waals surface area (Å²) in [4.78, 5) is 10.3. The first-order chi connectivity index (χ1) is 8.22. The lowest BCUT2D eigenvalue weighted by Gasteiger charge is -2.28. The molecule has 0 spiro atoms. The first kappa shape index (κ1) is 10.7. The van der Waals surface area contributed by atoms with Crippen molar-refractivity contribution in [2.75, 3.05) is 26.7 Å². The van der Waals surface area contributed by atoms with Gasteiger partial charge in [0.15, 0.2) is 0 Å². The molecule has 3 rings (SSSR count). The lowest BCUT2D eigenvalue weighted by Crippen LogP contribution is -2.40. The minimum Gasteiger partial charge on any atom is -0.341 e. The number of likely N-dealkylation sites (N-methyl/N-ethyl adjacent to an activating group) is 1. The Bertz CT molecular complexity index is 531. The maximum Gasteiger partial charge on any atom is 0.127 e. The second-order valence-electron chi connectivity index (χ2n) is 4.83. The van der Waals surface area contributed by atoms with Crippen LogP contribution in [0.15, 0.2) is 18.2 Å². The number of H-pyrrole nitrogens is 1. The highest BCUT2D eigenvalue weighted by molar-refractivity contribution is 5.75. The number of nitrogens with zero attached hydrogens (tertiary/aromatic N) is 3. The van der Waals surface area contributed by atoms with Crippen LogP contribution in [0.5, 0.6) is 0 Å². The van der Waals surface area contributed by atoms with Gasteiger partial charge in [0.2, 0.25) is 0 Å². The van der Waals surface area contributed by atoms with Crippen molar-refractivity contribution in [3.8, 4) is 0 Å². The molecule has 1 aromatic carbocycles. The number of benzene rings is 1. The molecule has 1 unspecified atom stereocenters. The molecule has 1 aliphatic heterocycles. The average molecular weight is 229 g/mol. The van der Waals surface area contributed by atoms with Crippen molar-refractivity contribution in [1.29, 1.82) is 0 Å². The van der Waals surface area contributed by atoms with E-state index in [4.69, 9.17) is 0 Å². The van der Waals surface area contributed by atoms with Gasteiger partial charge < -0.3 is 9.88 Å². The molecule has 2 aromatic rings. The molecule has 0 amide bonds. The third kappa shape index (κ3) is 2.06. The second-order valence-corrected chi connectivity index (χ2v) is 4.83. The normalized spacial score (nSPS) is 22.1. The molecule has 0 aliphatic carbocycles. The molecule has 17 heavy (non-hydrogen) atoms. The van der Waals surface area contributed by atoms with Gasteiger partial charge in [-0.15, -0.1) is 0 Å². The van der Waals surface area contributed by atoms with Gasteiger partial charge in [-0.05, 0) is 31.7 Å². The smallest absolute Gasteiger partial charge is 0.127 e. The zero-order valence-electron chi connectivity index (χ0n) is 10.3. The van der Waals surface area contributed by atoms with Crippen molar-refractivity contribution >= 4 is 11.0 Å². The Labute approximate surface area is 101 Å². The van der Waals surface area contributed by atoms with E-state index in [1.54, 1.807) is 0 Å². The summed E-state index contributed by atoms with van der Waals surface area (Å²) in [6.45, 7) is 5.00. The first-order valence-electron chi connectivity index (χ1n) is 6.04. The minimum absolute atomic E-state index is 0.196. The molecule has 4 nitrogen and oxygen atoms in total. The standard InChI is InChI=1S/C13H17N4/c1-9-3-4-10-11(7-9)16-13(15-10)12-8-17(2)6-5-14-12/h3-4,7,12H,5-6,8H2,1-2H3,(H,15,16). The van der Waals surface area contributed by atoms with Gasteiger partial charge in [0, 0.05) is 19.6 Å². The number of nitrogens with one attached hydrogen (secondary N) is 1. The average Bonchev–Trinajstić information content (AvgIpc) is 2.72. The van der Waals surface area contributed by atoms with E-state index in [1.165, 1.54) is 5.56 Å². The second kappa shape index (κ2) is 4.13. The molecule has 1 N–H and O–H groups in total. The largest absolute Gasteiger partial charge is 0.341 e. The molecule has 4 heteroatoms. The quantitative estimate of drug-likeness (QED) is 0.804. The summed E-state index contributed by atoms with van der Waals surface area (Å²) in [6, 6.07) is 6.51. The van der Waals surface area contributed by atoms with E-state index in [0.717, 1.165) is 36.5 Å². The van der Waals surface area contributed by atoms with Crippen molar-refractivity contribution < 1.29 is 0 Å². The van der Waals surface area contributed by atoms with Crippen molar-refractivity contribution in [1.82, 2.24) is 20.2 Å². The van der Waals surface area contributed by atoms with Crippen LogP contribution in [0.2, 0.25) is 0 Å². The number of aromatic nitrogens is 2. The predicted molar refractivity (Wildman–Crippen MR) is 68.1 cm³/mol.